The van der Waals surface area contributed by atoms with Crippen LogP contribution in [0.15, 0.2) is 64.8 Å². The van der Waals surface area contributed by atoms with Gasteiger partial charge in [0, 0.05) is 12.5 Å². The fourth-order valence-electron chi connectivity index (χ4n) is 2.68. The van der Waals surface area contributed by atoms with Crippen LogP contribution in [0.3, 0.4) is 0 Å². The second-order valence-electron chi connectivity index (χ2n) is 6.02. The van der Waals surface area contributed by atoms with Crippen LogP contribution in [0, 0.1) is 0 Å². The van der Waals surface area contributed by atoms with E-state index in [2.05, 4.69) is 10.4 Å². The highest BCUT2D eigenvalue weighted by Gasteiger charge is 2.22. The summed E-state index contributed by atoms with van der Waals surface area (Å²) in [7, 11) is 1.27. The molecule has 0 radical (unpaired) electrons. The number of thiophene rings is 1. The van der Waals surface area contributed by atoms with Gasteiger partial charge in [-0.25, -0.2) is 9.48 Å². The number of nitrogens with one attached hydrogen (secondary N) is 1. The Balaban J connectivity index is 1.73. The number of methoxy groups -OCH3 is 1. The third-order valence-corrected chi connectivity index (χ3v) is 4.93. The number of carbonyl (C=O) groups excluding carboxylic acids is 2. The standard InChI is InChI=1S/C20H19N3O4S/c1-27-20(26)16(12-14-6-3-2-4-7-14)21-18(24)13-23-19(25)10-9-15(22-23)17-8-5-11-28-17/h2-11,16H,12-13H2,1H3,(H,21,24)/t16-/m1/s1. The van der Waals surface area contributed by atoms with Crippen molar-refractivity contribution in [2.45, 2.75) is 19.0 Å². The minimum Gasteiger partial charge on any atom is -0.467 e. The van der Waals surface area contributed by atoms with Crippen LogP contribution in [0.1, 0.15) is 5.56 Å². The lowest BCUT2D eigenvalue weighted by Gasteiger charge is -2.17. The zero-order chi connectivity index (χ0) is 19.9. The van der Waals surface area contributed by atoms with Crippen molar-refractivity contribution in [3.05, 3.63) is 75.9 Å². The molecule has 0 aliphatic rings. The lowest BCUT2D eigenvalue weighted by molar-refractivity contribution is -0.145. The van der Waals surface area contributed by atoms with E-state index in [0.717, 1.165) is 15.1 Å². The predicted octanol–water partition coefficient (Wildman–Crippen LogP) is 1.87. The summed E-state index contributed by atoms with van der Waals surface area (Å²) in [5.41, 5.74) is 1.09. The van der Waals surface area contributed by atoms with Gasteiger partial charge in [-0.15, -0.1) is 11.3 Å². The number of nitrogens with zero attached hydrogens (tertiary/aromatic N) is 2. The molecule has 0 fully saturated rings. The Morgan fingerprint density at radius 1 is 1.14 bits per heavy atom. The normalized spacial score (nSPS) is 11.6. The minimum atomic E-state index is -0.851. The molecule has 0 aliphatic heterocycles. The van der Waals surface area contributed by atoms with Crippen LogP contribution in [-0.4, -0.2) is 34.8 Å². The number of hydrogen-bond donors (Lipinski definition) is 1. The zero-order valence-electron chi connectivity index (χ0n) is 15.2. The van der Waals surface area contributed by atoms with Crippen molar-refractivity contribution < 1.29 is 14.3 Å². The molecule has 0 saturated heterocycles. The molecule has 8 heteroatoms. The van der Waals surface area contributed by atoms with Crippen molar-refractivity contribution >= 4 is 23.2 Å². The number of amides is 1. The number of hydrogen-bond acceptors (Lipinski definition) is 6. The van der Waals surface area contributed by atoms with E-state index in [1.165, 1.54) is 24.5 Å². The van der Waals surface area contributed by atoms with E-state index >= 15 is 0 Å². The zero-order valence-corrected chi connectivity index (χ0v) is 16.0. The van der Waals surface area contributed by atoms with Gasteiger partial charge < -0.3 is 10.1 Å². The third kappa shape index (κ3) is 4.92. The maximum atomic E-state index is 12.5. The first-order valence-corrected chi connectivity index (χ1v) is 9.48. The first-order valence-electron chi connectivity index (χ1n) is 8.60. The molecule has 3 aromatic rings. The largest absolute Gasteiger partial charge is 0.467 e. The number of carbonyl (C=O) groups is 2. The van der Waals surface area contributed by atoms with Gasteiger partial charge >= 0.3 is 5.97 Å². The van der Waals surface area contributed by atoms with Crippen LogP contribution in [0.4, 0.5) is 0 Å². The second-order valence-corrected chi connectivity index (χ2v) is 6.97. The summed E-state index contributed by atoms with van der Waals surface area (Å²) in [4.78, 5) is 37.5. The molecule has 1 aromatic carbocycles. The third-order valence-electron chi connectivity index (χ3n) is 4.04. The highest BCUT2D eigenvalue weighted by atomic mass is 32.1. The second kappa shape index (κ2) is 9.09. The van der Waals surface area contributed by atoms with E-state index in [1.54, 1.807) is 6.07 Å². The molecule has 0 aliphatic carbocycles. The summed E-state index contributed by atoms with van der Waals surface area (Å²) < 4.78 is 5.88. The molecule has 1 amide bonds. The SMILES string of the molecule is COC(=O)[C@@H](Cc1ccccc1)NC(=O)Cn1nc(-c2cccs2)ccc1=O. The van der Waals surface area contributed by atoms with Crippen LogP contribution >= 0.6 is 11.3 Å². The van der Waals surface area contributed by atoms with E-state index in [9.17, 15) is 14.4 Å². The van der Waals surface area contributed by atoms with Crippen molar-refractivity contribution in [1.82, 2.24) is 15.1 Å². The van der Waals surface area contributed by atoms with Crippen molar-refractivity contribution in [3.63, 3.8) is 0 Å². The molecule has 1 atom stereocenters. The summed E-state index contributed by atoms with van der Waals surface area (Å²) in [6.45, 7) is -0.291. The van der Waals surface area contributed by atoms with Crippen LogP contribution in [-0.2, 0) is 27.3 Å². The Morgan fingerprint density at radius 3 is 2.61 bits per heavy atom. The van der Waals surface area contributed by atoms with Crippen molar-refractivity contribution in [2.75, 3.05) is 7.11 Å². The molecule has 3 rings (SSSR count). The van der Waals surface area contributed by atoms with Gasteiger partial charge in [-0.3, -0.25) is 9.59 Å². The molecular weight excluding hydrogens is 378 g/mol. The molecule has 28 heavy (non-hydrogen) atoms. The molecule has 0 unspecified atom stereocenters. The van der Waals surface area contributed by atoms with E-state index in [-0.39, 0.29) is 13.0 Å². The quantitative estimate of drug-likeness (QED) is 0.615. The van der Waals surface area contributed by atoms with E-state index < -0.39 is 23.5 Å². The van der Waals surface area contributed by atoms with E-state index in [0.29, 0.717) is 5.69 Å². The van der Waals surface area contributed by atoms with Gasteiger partial charge in [0.25, 0.3) is 5.56 Å². The number of esters is 1. The summed E-state index contributed by atoms with van der Waals surface area (Å²) in [5, 5.41) is 8.79. The average Bonchev–Trinajstić information content (AvgIpc) is 3.24. The number of rotatable bonds is 7. The highest BCUT2D eigenvalue weighted by molar-refractivity contribution is 7.13. The van der Waals surface area contributed by atoms with Gasteiger partial charge in [-0.05, 0) is 23.1 Å². The number of aromatic nitrogens is 2. The number of benzene rings is 1. The topological polar surface area (TPSA) is 90.3 Å². The van der Waals surface area contributed by atoms with Gasteiger partial charge in [0.2, 0.25) is 5.91 Å². The highest BCUT2D eigenvalue weighted by Crippen LogP contribution is 2.21. The number of ether oxygens (including phenoxy) is 1. The fraction of sp³-hybridized carbons (Fsp3) is 0.200. The molecule has 0 saturated carbocycles. The Morgan fingerprint density at radius 2 is 1.93 bits per heavy atom. The first-order chi connectivity index (χ1) is 13.6. The molecule has 2 heterocycles. The summed E-state index contributed by atoms with van der Waals surface area (Å²) in [6, 6.07) is 15.2. The first kappa shape index (κ1) is 19.5. The molecule has 7 nitrogen and oxygen atoms in total. The monoisotopic (exact) mass is 397 g/mol. The van der Waals surface area contributed by atoms with Crippen molar-refractivity contribution in [3.8, 4) is 10.6 Å². The summed E-state index contributed by atoms with van der Waals surface area (Å²) >= 11 is 1.49. The van der Waals surface area contributed by atoms with Gasteiger partial charge in [-0.2, -0.15) is 5.10 Å². The summed E-state index contributed by atoms with van der Waals surface area (Å²) in [5.74, 6) is -1.05. The predicted molar refractivity (Wildman–Crippen MR) is 106 cm³/mol. The van der Waals surface area contributed by atoms with E-state index in [4.69, 9.17) is 4.74 Å². The van der Waals surface area contributed by atoms with Gasteiger partial charge in [-0.1, -0.05) is 36.4 Å². The van der Waals surface area contributed by atoms with Crippen LogP contribution < -0.4 is 10.9 Å². The molecule has 1 N–H and O–H groups in total. The van der Waals surface area contributed by atoms with Crippen molar-refractivity contribution in [1.29, 1.82) is 0 Å². The molecule has 0 bridgehead atoms. The lowest BCUT2D eigenvalue weighted by Crippen LogP contribution is -2.45. The Kier molecular flexibility index (Phi) is 6.33. The molecule has 144 valence electrons. The van der Waals surface area contributed by atoms with E-state index in [1.807, 2.05) is 47.8 Å². The lowest BCUT2D eigenvalue weighted by atomic mass is 10.1. The maximum absolute atomic E-state index is 12.5. The Hall–Kier alpha value is -3.26. The van der Waals surface area contributed by atoms with Crippen molar-refractivity contribution in [2.24, 2.45) is 0 Å². The van der Waals surface area contributed by atoms with Crippen LogP contribution in [0.25, 0.3) is 10.6 Å². The Bertz CT molecular complexity index is 1000. The Labute approximate surface area is 165 Å². The average molecular weight is 397 g/mol. The van der Waals surface area contributed by atoms with Crippen LogP contribution in [0.5, 0.6) is 0 Å². The smallest absolute Gasteiger partial charge is 0.328 e. The minimum absolute atomic E-state index is 0.289. The van der Waals surface area contributed by atoms with Gasteiger partial charge in [0.15, 0.2) is 0 Å². The summed E-state index contributed by atoms with van der Waals surface area (Å²) in [6.07, 6.45) is 0.289. The fourth-order valence-corrected chi connectivity index (χ4v) is 3.37. The van der Waals surface area contributed by atoms with Gasteiger partial charge in [0.05, 0.1) is 12.0 Å². The molecule has 2 aromatic heterocycles. The van der Waals surface area contributed by atoms with Crippen LogP contribution in [0.2, 0.25) is 0 Å². The maximum Gasteiger partial charge on any atom is 0.328 e. The molecule has 0 spiro atoms. The molecular formula is C20H19N3O4S. The van der Waals surface area contributed by atoms with Gasteiger partial charge in [0.1, 0.15) is 18.3 Å².